The first-order valence-electron chi connectivity index (χ1n) is 10.2. The minimum absolute atomic E-state index is 0.0586. The van der Waals surface area contributed by atoms with Crippen molar-refractivity contribution in [3.8, 4) is 10.6 Å². The zero-order chi connectivity index (χ0) is 21.4. The molecule has 2 aromatic heterocycles. The molecule has 2 aliphatic rings. The highest BCUT2D eigenvalue weighted by molar-refractivity contribution is 7.14. The van der Waals surface area contributed by atoms with Gasteiger partial charge in [0.05, 0.1) is 22.7 Å². The Morgan fingerprint density at radius 2 is 1.90 bits per heavy atom. The summed E-state index contributed by atoms with van der Waals surface area (Å²) < 4.78 is 0. The lowest BCUT2D eigenvalue weighted by molar-refractivity contribution is -0.115. The van der Waals surface area contributed by atoms with Gasteiger partial charge in [0.25, 0.3) is 5.91 Å². The van der Waals surface area contributed by atoms with Crippen LogP contribution in [-0.2, 0) is 11.2 Å². The van der Waals surface area contributed by atoms with Crippen LogP contribution in [0, 0.1) is 0 Å². The van der Waals surface area contributed by atoms with Crippen molar-refractivity contribution in [2.75, 3.05) is 43.9 Å². The quantitative estimate of drug-likeness (QED) is 0.659. The smallest absolute Gasteiger partial charge is 0.253 e. The minimum Gasteiger partial charge on any atom is -0.336 e. The summed E-state index contributed by atoms with van der Waals surface area (Å²) in [6.07, 6.45) is 1.95. The van der Waals surface area contributed by atoms with E-state index in [0.717, 1.165) is 53.7 Å². The normalized spacial score (nSPS) is 16.2. The minimum atomic E-state index is -0.0664. The van der Waals surface area contributed by atoms with Gasteiger partial charge in [0.1, 0.15) is 0 Å². The van der Waals surface area contributed by atoms with E-state index in [1.165, 1.54) is 11.3 Å². The van der Waals surface area contributed by atoms with Gasteiger partial charge in [-0.2, -0.15) is 0 Å². The van der Waals surface area contributed by atoms with Crippen LogP contribution in [0.25, 0.3) is 10.6 Å². The van der Waals surface area contributed by atoms with E-state index < -0.39 is 0 Å². The van der Waals surface area contributed by atoms with Crippen molar-refractivity contribution in [3.05, 3.63) is 53.0 Å². The molecule has 2 amide bonds. The van der Waals surface area contributed by atoms with Gasteiger partial charge in [-0.3, -0.25) is 9.59 Å². The molecule has 3 aromatic rings. The van der Waals surface area contributed by atoms with Gasteiger partial charge in [0.15, 0.2) is 0 Å². The number of hydrogen-bond donors (Lipinski definition) is 2. The van der Waals surface area contributed by atoms with E-state index in [1.54, 1.807) is 6.20 Å². The largest absolute Gasteiger partial charge is 0.336 e. The monoisotopic (exact) mass is 434 g/mol. The number of aromatic nitrogens is 2. The molecule has 0 unspecified atom stereocenters. The lowest BCUT2D eigenvalue weighted by atomic mass is 10.1. The van der Waals surface area contributed by atoms with Crippen LogP contribution in [0.5, 0.6) is 0 Å². The molecule has 0 saturated carbocycles. The maximum atomic E-state index is 12.7. The van der Waals surface area contributed by atoms with Crippen molar-refractivity contribution >= 4 is 40.5 Å². The maximum absolute atomic E-state index is 12.7. The number of nitrogens with zero attached hydrogens (tertiary/aromatic N) is 4. The summed E-state index contributed by atoms with van der Waals surface area (Å²) in [5, 5.41) is 8.05. The molecule has 0 bridgehead atoms. The van der Waals surface area contributed by atoms with Gasteiger partial charge >= 0.3 is 0 Å². The molecule has 2 aliphatic heterocycles. The van der Waals surface area contributed by atoms with Gasteiger partial charge < -0.3 is 20.4 Å². The van der Waals surface area contributed by atoms with Crippen LogP contribution < -0.4 is 10.6 Å². The molecule has 0 spiro atoms. The van der Waals surface area contributed by atoms with Crippen LogP contribution in [0.4, 0.5) is 17.3 Å². The van der Waals surface area contributed by atoms with Gasteiger partial charge in [0, 0.05) is 49.2 Å². The van der Waals surface area contributed by atoms with Gasteiger partial charge in [-0.05, 0) is 42.8 Å². The van der Waals surface area contributed by atoms with Crippen LogP contribution >= 0.6 is 11.3 Å². The summed E-state index contributed by atoms with van der Waals surface area (Å²) >= 11 is 1.54. The third-order valence-corrected chi connectivity index (χ3v) is 6.47. The molecule has 1 saturated heterocycles. The van der Waals surface area contributed by atoms with Gasteiger partial charge in [-0.25, -0.2) is 9.97 Å². The average Bonchev–Trinajstić information content (AvgIpc) is 3.18. The first-order valence-corrected chi connectivity index (χ1v) is 11.0. The Morgan fingerprint density at radius 3 is 2.68 bits per heavy atom. The highest BCUT2D eigenvalue weighted by Crippen LogP contribution is 2.37. The van der Waals surface area contributed by atoms with Crippen molar-refractivity contribution in [1.29, 1.82) is 0 Å². The number of hydrogen-bond acceptors (Lipinski definition) is 7. The van der Waals surface area contributed by atoms with Crippen molar-refractivity contribution in [1.82, 2.24) is 19.8 Å². The Kier molecular flexibility index (Phi) is 5.13. The molecule has 0 aliphatic carbocycles. The number of fused-ring (bicyclic) bond motifs is 3. The molecule has 9 heteroatoms. The van der Waals surface area contributed by atoms with Gasteiger partial charge in [0.2, 0.25) is 11.9 Å². The van der Waals surface area contributed by atoms with E-state index in [0.29, 0.717) is 11.5 Å². The standard InChI is InChI=1S/C22H22N6O2S/c1-27-7-9-28(10-8-27)21(30)14-2-4-16(5-3-14)24-22-23-13-15-12-18(29)25-17-6-11-31-20(17)19(15)26-22/h2-6,11,13H,7-10,12H2,1H3,(H,25,29)(H,23,24,26). The number of carbonyl (C=O) groups excluding carboxylic acids is 2. The van der Waals surface area contributed by atoms with Crippen molar-refractivity contribution in [2.24, 2.45) is 0 Å². The SMILES string of the molecule is CN1CCN(C(=O)c2ccc(Nc3ncc4c(n3)-c3sccc3NC(=O)C4)cc2)CC1. The Balaban J connectivity index is 1.33. The molecule has 31 heavy (non-hydrogen) atoms. The third-order valence-electron chi connectivity index (χ3n) is 5.55. The lowest BCUT2D eigenvalue weighted by Gasteiger charge is -2.32. The lowest BCUT2D eigenvalue weighted by Crippen LogP contribution is -2.47. The molecule has 0 radical (unpaired) electrons. The predicted octanol–water partition coefficient (Wildman–Crippen LogP) is 2.83. The van der Waals surface area contributed by atoms with Crippen LogP contribution in [0.2, 0.25) is 0 Å². The summed E-state index contributed by atoms with van der Waals surface area (Å²) in [6, 6.07) is 9.26. The Bertz CT molecular complexity index is 1140. The Morgan fingerprint density at radius 1 is 1.13 bits per heavy atom. The molecule has 8 nitrogen and oxygen atoms in total. The molecule has 158 valence electrons. The van der Waals surface area contributed by atoms with Gasteiger partial charge in [-0.15, -0.1) is 11.3 Å². The highest BCUT2D eigenvalue weighted by atomic mass is 32.1. The molecule has 1 fully saturated rings. The second kappa shape index (κ2) is 8.09. The van der Waals surface area contributed by atoms with Crippen LogP contribution in [0.3, 0.4) is 0 Å². The zero-order valence-corrected chi connectivity index (χ0v) is 17.9. The van der Waals surface area contributed by atoms with Crippen LogP contribution in [0.15, 0.2) is 41.9 Å². The van der Waals surface area contributed by atoms with E-state index in [9.17, 15) is 9.59 Å². The van der Waals surface area contributed by atoms with E-state index in [2.05, 4.69) is 32.5 Å². The number of benzene rings is 1. The first-order chi connectivity index (χ1) is 15.1. The molecule has 1 aromatic carbocycles. The fourth-order valence-corrected chi connectivity index (χ4v) is 4.64. The van der Waals surface area contributed by atoms with Gasteiger partial charge in [-0.1, -0.05) is 0 Å². The van der Waals surface area contributed by atoms with Crippen molar-refractivity contribution < 1.29 is 9.59 Å². The fourth-order valence-electron chi connectivity index (χ4n) is 3.77. The number of thiophene rings is 1. The molecular formula is C22H22N6O2S. The number of likely N-dealkylation sites (N-methyl/N-ethyl adjacent to an activating group) is 1. The summed E-state index contributed by atoms with van der Waals surface area (Å²) in [4.78, 5) is 38.9. The van der Waals surface area contributed by atoms with Crippen molar-refractivity contribution in [3.63, 3.8) is 0 Å². The summed E-state index contributed by atoms with van der Waals surface area (Å²) in [5.74, 6) is 0.442. The molecular weight excluding hydrogens is 412 g/mol. The van der Waals surface area contributed by atoms with E-state index >= 15 is 0 Å². The zero-order valence-electron chi connectivity index (χ0n) is 17.1. The van der Waals surface area contributed by atoms with Crippen LogP contribution in [0.1, 0.15) is 15.9 Å². The molecule has 4 heterocycles. The molecule has 5 rings (SSSR count). The third kappa shape index (κ3) is 4.01. The number of piperazine rings is 1. The average molecular weight is 435 g/mol. The number of carbonyl (C=O) groups is 2. The predicted molar refractivity (Wildman–Crippen MR) is 121 cm³/mol. The summed E-state index contributed by atoms with van der Waals surface area (Å²) in [7, 11) is 2.07. The second-order valence-electron chi connectivity index (χ2n) is 7.75. The number of amides is 2. The Hall–Kier alpha value is -3.30. The maximum Gasteiger partial charge on any atom is 0.253 e. The molecule has 2 N–H and O–H groups in total. The summed E-state index contributed by atoms with van der Waals surface area (Å²) in [6.45, 7) is 3.29. The number of rotatable bonds is 3. The second-order valence-corrected chi connectivity index (χ2v) is 8.67. The van der Waals surface area contributed by atoms with E-state index in [-0.39, 0.29) is 18.2 Å². The van der Waals surface area contributed by atoms with E-state index in [4.69, 9.17) is 0 Å². The topological polar surface area (TPSA) is 90.5 Å². The van der Waals surface area contributed by atoms with E-state index in [1.807, 2.05) is 40.6 Å². The summed E-state index contributed by atoms with van der Waals surface area (Å²) in [5.41, 5.74) is 3.82. The Labute approximate surface area is 183 Å². The highest BCUT2D eigenvalue weighted by Gasteiger charge is 2.22. The van der Waals surface area contributed by atoms with Crippen LogP contribution in [-0.4, -0.2) is 64.8 Å². The van der Waals surface area contributed by atoms with Crippen molar-refractivity contribution in [2.45, 2.75) is 6.42 Å². The molecule has 0 atom stereocenters. The fraction of sp³-hybridized carbons (Fsp3) is 0.273. The first kappa shape index (κ1) is 19.7. The number of anilines is 3. The number of nitrogens with one attached hydrogen (secondary N) is 2.